The number of hydrogen-bond donors (Lipinski definition) is 1. The first-order valence-corrected chi connectivity index (χ1v) is 8.53. The van der Waals surface area contributed by atoms with E-state index in [2.05, 4.69) is 5.32 Å². The van der Waals surface area contributed by atoms with Crippen molar-refractivity contribution in [3.63, 3.8) is 0 Å². The van der Waals surface area contributed by atoms with Crippen molar-refractivity contribution in [1.29, 1.82) is 0 Å². The summed E-state index contributed by atoms with van der Waals surface area (Å²) in [6.45, 7) is 0.875. The van der Waals surface area contributed by atoms with Crippen LogP contribution in [-0.2, 0) is 4.79 Å². The van der Waals surface area contributed by atoms with Gasteiger partial charge in [0.05, 0.1) is 17.7 Å². The normalized spacial score (nSPS) is 12.2. The summed E-state index contributed by atoms with van der Waals surface area (Å²) < 4.78 is 16.0. The smallest absolute Gasteiger partial charge is 0.271 e. The van der Waals surface area contributed by atoms with Gasteiger partial charge in [-0.1, -0.05) is 0 Å². The van der Waals surface area contributed by atoms with Crippen molar-refractivity contribution in [2.75, 3.05) is 25.6 Å². The SMILES string of the molecule is COc1ccc([N+](=O)[O-])cc1NC(=O)CCC(=O)c1ccc2c(c1)OCCO2. The molecule has 0 atom stereocenters. The Morgan fingerprint density at radius 1 is 1.11 bits per heavy atom. The molecule has 0 aliphatic carbocycles. The molecule has 0 unspecified atom stereocenters. The number of nitrogens with one attached hydrogen (secondary N) is 1. The molecule has 9 heteroatoms. The van der Waals surface area contributed by atoms with Gasteiger partial charge in [0, 0.05) is 30.5 Å². The van der Waals surface area contributed by atoms with Crippen molar-refractivity contribution < 1.29 is 28.7 Å². The molecule has 0 saturated carbocycles. The second kappa shape index (κ2) is 8.38. The number of ether oxygens (including phenoxy) is 3. The molecule has 1 amide bonds. The molecule has 146 valence electrons. The van der Waals surface area contributed by atoms with Crippen LogP contribution in [0.3, 0.4) is 0 Å². The van der Waals surface area contributed by atoms with E-state index < -0.39 is 10.8 Å². The van der Waals surface area contributed by atoms with Crippen LogP contribution < -0.4 is 19.5 Å². The molecule has 1 heterocycles. The third-order valence-electron chi connectivity index (χ3n) is 4.11. The average Bonchev–Trinajstić information content (AvgIpc) is 2.71. The third-order valence-corrected chi connectivity index (χ3v) is 4.11. The molecular weight excluding hydrogens is 368 g/mol. The molecule has 0 bridgehead atoms. The monoisotopic (exact) mass is 386 g/mol. The molecule has 2 aromatic rings. The van der Waals surface area contributed by atoms with Crippen molar-refractivity contribution >= 4 is 23.1 Å². The van der Waals surface area contributed by atoms with E-state index in [1.165, 1.54) is 25.3 Å². The number of ketones is 1. The summed E-state index contributed by atoms with van der Waals surface area (Å²) in [6, 6.07) is 8.76. The van der Waals surface area contributed by atoms with Crippen LogP contribution in [0.1, 0.15) is 23.2 Å². The van der Waals surface area contributed by atoms with Gasteiger partial charge >= 0.3 is 0 Å². The van der Waals surface area contributed by atoms with Gasteiger partial charge in [0.15, 0.2) is 17.3 Å². The van der Waals surface area contributed by atoms with Gasteiger partial charge in [0.2, 0.25) is 5.91 Å². The number of Topliss-reactive ketones (excluding diaryl/α,β-unsaturated/α-hetero) is 1. The number of fused-ring (bicyclic) bond motifs is 1. The Morgan fingerprint density at radius 2 is 1.86 bits per heavy atom. The van der Waals surface area contributed by atoms with Crippen molar-refractivity contribution in [3.8, 4) is 17.2 Å². The van der Waals surface area contributed by atoms with Gasteiger partial charge in [-0.05, 0) is 24.3 Å². The first kappa shape index (κ1) is 19.2. The van der Waals surface area contributed by atoms with Crippen LogP contribution in [0.15, 0.2) is 36.4 Å². The van der Waals surface area contributed by atoms with Crippen LogP contribution >= 0.6 is 0 Å². The number of anilines is 1. The van der Waals surface area contributed by atoms with Gasteiger partial charge in [0.1, 0.15) is 19.0 Å². The first-order chi connectivity index (χ1) is 13.5. The highest BCUT2D eigenvalue weighted by Crippen LogP contribution is 2.31. The van der Waals surface area contributed by atoms with E-state index in [1.807, 2.05) is 0 Å². The Bertz CT molecular complexity index is 926. The molecular formula is C19H18N2O7. The molecule has 28 heavy (non-hydrogen) atoms. The minimum Gasteiger partial charge on any atom is -0.495 e. The Morgan fingerprint density at radius 3 is 2.57 bits per heavy atom. The van der Waals surface area contributed by atoms with Crippen molar-refractivity contribution in [1.82, 2.24) is 0 Å². The number of rotatable bonds is 7. The van der Waals surface area contributed by atoms with Gasteiger partial charge in [-0.2, -0.15) is 0 Å². The number of nitro benzene ring substituents is 1. The number of carbonyl (C=O) groups excluding carboxylic acids is 2. The number of methoxy groups -OCH3 is 1. The van der Waals surface area contributed by atoms with E-state index in [4.69, 9.17) is 14.2 Å². The summed E-state index contributed by atoms with van der Waals surface area (Å²) in [5, 5.41) is 13.4. The van der Waals surface area contributed by atoms with Gasteiger partial charge in [0.25, 0.3) is 5.69 Å². The lowest BCUT2D eigenvalue weighted by Gasteiger charge is -2.18. The Labute approximate surface area is 160 Å². The van der Waals surface area contributed by atoms with Crippen molar-refractivity contribution in [2.45, 2.75) is 12.8 Å². The predicted octanol–water partition coefficient (Wildman–Crippen LogP) is 2.98. The maximum Gasteiger partial charge on any atom is 0.271 e. The molecule has 1 aliphatic rings. The zero-order valence-electron chi connectivity index (χ0n) is 15.1. The number of hydrogen-bond acceptors (Lipinski definition) is 7. The Kier molecular flexibility index (Phi) is 5.73. The minimum atomic E-state index is -0.569. The fourth-order valence-electron chi connectivity index (χ4n) is 2.71. The molecule has 0 fully saturated rings. The molecule has 9 nitrogen and oxygen atoms in total. The second-order valence-electron chi connectivity index (χ2n) is 5.97. The quantitative estimate of drug-likeness (QED) is 0.442. The first-order valence-electron chi connectivity index (χ1n) is 8.53. The molecule has 3 rings (SSSR count). The highest BCUT2D eigenvalue weighted by atomic mass is 16.6. The number of non-ortho nitro benzene ring substituents is 1. The molecule has 0 spiro atoms. The lowest BCUT2D eigenvalue weighted by Crippen LogP contribution is -2.16. The van der Waals surface area contributed by atoms with Crippen LogP contribution in [0.25, 0.3) is 0 Å². The fourth-order valence-corrected chi connectivity index (χ4v) is 2.71. The van der Waals surface area contributed by atoms with Crippen LogP contribution in [0.2, 0.25) is 0 Å². The molecule has 1 N–H and O–H groups in total. The van der Waals surface area contributed by atoms with E-state index in [9.17, 15) is 19.7 Å². The summed E-state index contributed by atoms with van der Waals surface area (Å²) in [4.78, 5) is 34.9. The van der Waals surface area contributed by atoms with E-state index in [0.29, 0.717) is 30.3 Å². The summed E-state index contributed by atoms with van der Waals surface area (Å²) in [6.07, 6.45) is -0.109. The zero-order valence-corrected chi connectivity index (χ0v) is 15.1. The van der Waals surface area contributed by atoms with E-state index in [0.717, 1.165) is 0 Å². The highest BCUT2D eigenvalue weighted by Gasteiger charge is 2.17. The topological polar surface area (TPSA) is 117 Å². The lowest BCUT2D eigenvalue weighted by molar-refractivity contribution is -0.384. The molecule has 0 saturated heterocycles. The van der Waals surface area contributed by atoms with Gasteiger partial charge in [-0.15, -0.1) is 0 Å². The summed E-state index contributed by atoms with van der Waals surface area (Å²) in [5.41, 5.74) is 0.418. The maximum absolute atomic E-state index is 12.4. The molecule has 0 aromatic heterocycles. The summed E-state index contributed by atoms with van der Waals surface area (Å²) >= 11 is 0. The van der Waals surface area contributed by atoms with Crippen LogP contribution in [0.5, 0.6) is 17.2 Å². The standard InChI is InChI=1S/C19H18N2O7/c1-26-16-6-3-13(21(24)25)11-14(16)20-19(23)7-4-15(22)12-2-5-17-18(10-12)28-9-8-27-17/h2-3,5-6,10-11H,4,7-9H2,1H3,(H,20,23). The van der Waals surface area contributed by atoms with Gasteiger partial charge < -0.3 is 19.5 Å². The number of nitro groups is 1. The molecule has 2 aromatic carbocycles. The van der Waals surface area contributed by atoms with Crippen LogP contribution in [-0.4, -0.2) is 36.9 Å². The van der Waals surface area contributed by atoms with Gasteiger partial charge in [-0.25, -0.2) is 0 Å². The average molecular weight is 386 g/mol. The summed E-state index contributed by atoms with van der Waals surface area (Å²) in [5.74, 6) is 0.695. The minimum absolute atomic E-state index is 0.0251. The molecule has 1 aliphatic heterocycles. The van der Waals surface area contributed by atoms with E-state index in [-0.39, 0.29) is 35.7 Å². The Balaban J connectivity index is 1.62. The summed E-state index contributed by atoms with van der Waals surface area (Å²) in [7, 11) is 1.39. The predicted molar refractivity (Wildman–Crippen MR) is 99.3 cm³/mol. The number of carbonyl (C=O) groups is 2. The largest absolute Gasteiger partial charge is 0.495 e. The zero-order chi connectivity index (χ0) is 20.1. The van der Waals surface area contributed by atoms with Gasteiger partial charge in [-0.3, -0.25) is 19.7 Å². The molecule has 0 radical (unpaired) electrons. The number of nitrogens with zero attached hydrogens (tertiary/aromatic N) is 1. The van der Waals surface area contributed by atoms with E-state index in [1.54, 1.807) is 18.2 Å². The van der Waals surface area contributed by atoms with Crippen LogP contribution in [0, 0.1) is 10.1 Å². The van der Waals surface area contributed by atoms with Crippen molar-refractivity contribution in [3.05, 3.63) is 52.1 Å². The highest BCUT2D eigenvalue weighted by molar-refractivity contribution is 6.00. The van der Waals surface area contributed by atoms with E-state index >= 15 is 0 Å². The van der Waals surface area contributed by atoms with Crippen LogP contribution in [0.4, 0.5) is 11.4 Å². The Hall–Kier alpha value is -3.62. The van der Waals surface area contributed by atoms with Crippen molar-refractivity contribution in [2.24, 2.45) is 0 Å². The number of amides is 1. The fraction of sp³-hybridized carbons (Fsp3) is 0.263. The second-order valence-corrected chi connectivity index (χ2v) is 5.97. The maximum atomic E-state index is 12.4. The third kappa shape index (κ3) is 4.37. The number of benzene rings is 2. The lowest BCUT2D eigenvalue weighted by atomic mass is 10.1.